The number of methoxy groups -OCH3 is 3. The van der Waals surface area contributed by atoms with Crippen LogP contribution in [0.2, 0.25) is 0 Å². The van der Waals surface area contributed by atoms with Gasteiger partial charge in [-0.05, 0) is 12.1 Å². The second kappa shape index (κ2) is 6.00. The zero-order valence-corrected chi connectivity index (χ0v) is 11.2. The number of para-hydroxylation sites is 2. The number of benzene rings is 2. The highest BCUT2D eigenvalue weighted by molar-refractivity contribution is 5.47. The van der Waals surface area contributed by atoms with Crippen molar-refractivity contribution in [2.75, 3.05) is 21.3 Å². The topological polar surface area (TPSA) is 36.9 Å². The van der Waals surface area contributed by atoms with Crippen LogP contribution in [0.5, 0.6) is 28.7 Å². The summed E-state index contributed by atoms with van der Waals surface area (Å²) in [5.41, 5.74) is 0. The molecule has 4 nitrogen and oxygen atoms in total. The van der Waals surface area contributed by atoms with Gasteiger partial charge in [0.25, 0.3) is 0 Å². The van der Waals surface area contributed by atoms with Crippen LogP contribution in [-0.4, -0.2) is 21.3 Å². The molecule has 0 spiro atoms. The predicted octanol–water partition coefficient (Wildman–Crippen LogP) is 3.50. The zero-order valence-electron chi connectivity index (χ0n) is 11.2. The molecular weight excluding hydrogens is 244 g/mol. The van der Waals surface area contributed by atoms with Crippen molar-refractivity contribution in [1.29, 1.82) is 0 Å². The van der Waals surface area contributed by atoms with Gasteiger partial charge in [0.05, 0.1) is 21.3 Å². The van der Waals surface area contributed by atoms with E-state index in [1.807, 2.05) is 24.3 Å². The Hall–Kier alpha value is -2.36. The highest BCUT2D eigenvalue weighted by Gasteiger charge is 2.07. The molecule has 0 aliphatic carbocycles. The monoisotopic (exact) mass is 260 g/mol. The minimum Gasteiger partial charge on any atom is -0.496 e. The maximum absolute atomic E-state index is 5.80. The molecule has 0 aromatic heterocycles. The van der Waals surface area contributed by atoms with E-state index in [2.05, 4.69) is 0 Å². The molecule has 0 heterocycles. The second-order valence-electron chi connectivity index (χ2n) is 3.80. The summed E-state index contributed by atoms with van der Waals surface area (Å²) in [5, 5.41) is 0. The summed E-state index contributed by atoms with van der Waals surface area (Å²) in [6, 6.07) is 12.8. The normalized spacial score (nSPS) is 9.84. The number of ether oxygens (including phenoxy) is 4. The molecule has 0 aliphatic rings. The van der Waals surface area contributed by atoms with Crippen LogP contribution in [0.1, 0.15) is 0 Å². The van der Waals surface area contributed by atoms with Gasteiger partial charge in [0, 0.05) is 18.2 Å². The number of rotatable bonds is 5. The van der Waals surface area contributed by atoms with Gasteiger partial charge in [-0.1, -0.05) is 12.1 Å². The second-order valence-corrected chi connectivity index (χ2v) is 3.80. The first-order valence-corrected chi connectivity index (χ1v) is 5.80. The van der Waals surface area contributed by atoms with Crippen molar-refractivity contribution >= 4 is 0 Å². The maximum atomic E-state index is 5.80. The molecule has 4 heteroatoms. The molecule has 0 aliphatic heterocycles. The summed E-state index contributed by atoms with van der Waals surface area (Å²) in [6.45, 7) is 0. The molecule has 0 radical (unpaired) electrons. The van der Waals surface area contributed by atoms with E-state index in [0.29, 0.717) is 28.7 Å². The molecule has 2 aromatic rings. The molecule has 2 rings (SSSR count). The lowest BCUT2D eigenvalue weighted by atomic mass is 10.3. The van der Waals surface area contributed by atoms with Gasteiger partial charge in [-0.25, -0.2) is 0 Å². The average molecular weight is 260 g/mol. The Kier molecular flexibility index (Phi) is 4.13. The standard InChI is InChI=1S/C15H16O4/c1-16-11-8-12(17-2)10-13(9-11)19-15-7-5-4-6-14(15)18-3/h4-10H,1-3H3. The predicted molar refractivity (Wildman–Crippen MR) is 72.6 cm³/mol. The molecule has 0 atom stereocenters. The summed E-state index contributed by atoms with van der Waals surface area (Å²) >= 11 is 0. The number of hydrogen-bond acceptors (Lipinski definition) is 4. The maximum Gasteiger partial charge on any atom is 0.169 e. The minimum atomic E-state index is 0.626. The SMILES string of the molecule is COc1cc(OC)cc(Oc2ccccc2OC)c1. The van der Waals surface area contributed by atoms with E-state index in [1.54, 1.807) is 39.5 Å². The van der Waals surface area contributed by atoms with Crippen LogP contribution in [-0.2, 0) is 0 Å². The molecule has 0 amide bonds. The molecule has 0 unspecified atom stereocenters. The van der Waals surface area contributed by atoms with Gasteiger partial charge in [-0.3, -0.25) is 0 Å². The van der Waals surface area contributed by atoms with Crippen LogP contribution in [0.15, 0.2) is 42.5 Å². The third-order valence-electron chi connectivity index (χ3n) is 2.62. The van der Waals surface area contributed by atoms with E-state index in [0.717, 1.165) is 0 Å². The van der Waals surface area contributed by atoms with Crippen molar-refractivity contribution < 1.29 is 18.9 Å². The first-order chi connectivity index (χ1) is 9.26. The lowest BCUT2D eigenvalue weighted by molar-refractivity contribution is 0.369. The molecule has 0 N–H and O–H groups in total. The van der Waals surface area contributed by atoms with Crippen molar-refractivity contribution in [2.24, 2.45) is 0 Å². The lowest BCUT2D eigenvalue weighted by Gasteiger charge is -2.12. The van der Waals surface area contributed by atoms with E-state index in [4.69, 9.17) is 18.9 Å². The molecule has 0 fully saturated rings. The van der Waals surface area contributed by atoms with Crippen LogP contribution in [0, 0.1) is 0 Å². The largest absolute Gasteiger partial charge is 0.496 e. The Morgan fingerprint density at radius 1 is 0.632 bits per heavy atom. The van der Waals surface area contributed by atoms with E-state index >= 15 is 0 Å². The molecule has 100 valence electrons. The Morgan fingerprint density at radius 2 is 1.16 bits per heavy atom. The minimum absolute atomic E-state index is 0.626. The van der Waals surface area contributed by atoms with E-state index in [9.17, 15) is 0 Å². The third-order valence-corrected chi connectivity index (χ3v) is 2.62. The third kappa shape index (κ3) is 3.10. The lowest BCUT2D eigenvalue weighted by Crippen LogP contribution is -1.92. The first-order valence-electron chi connectivity index (χ1n) is 5.80. The Bertz CT molecular complexity index is 529. The van der Waals surface area contributed by atoms with Crippen molar-refractivity contribution in [3.8, 4) is 28.7 Å². The molecule has 0 saturated heterocycles. The highest BCUT2D eigenvalue weighted by Crippen LogP contribution is 2.34. The zero-order chi connectivity index (χ0) is 13.7. The quantitative estimate of drug-likeness (QED) is 0.824. The van der Waals surface area contributed by atoms with Crippen molar-refractivity contribution in [2.45, 2.75) is 0 Å². The molecule has 2 aromatic carbocycles. The van der Waals surface area contributed by atoms with Gasteiger partial charge >= 0.3 is 0 Å². The average Bonchev–Trinajstić information content (AvgIpc) is 2.47. The van der Waals surface area contributed by atoms with Crippen molar-refractivity contribution in [3.05, 3.63) is 42.5 Å². The molecular formula is C15H16O4. The van der Waals surface area contributed by atoms with Gasteiger partial charge in [0.2, 0.25) is 0 Å². The summed E-state index contributed by atoms with van der Waals surface area (Å²) in [6.07, 6.45) is 0. The van der Waals surface area contributed by atoms with Gasteiger partial charge < -0.3 is 18.9 Å². The fraction of sp³-hybridized carbons (Fsp3) is 0.200. The van der Waals surface area contributed by atoms with E-state index in [-0.39, 0.29) is 0 Å². The molecule has 0 saturated carbocycles. The van der Waals surface area contributed by atoms with Crippen molar-refractivity contribution in [3.63, 3.8) is 0 Å². The van der Waals surface area contributed by atoms with E-state index in [1.165, 1.54) is 0 Å². The van der Waals surface area contributed by atoms with Gasteiger partial charge in [0.15, 0.2) is 11.5 Å². The number of hydrogen-bond donors (Lipinski definition) is 0. The Balaban J connectivity index is 2.32. The summed E-state index contributed by atoms with van der Waals surface area (Å²) < 4.78 is 21.4. The highest BCUT2D eigenvalue weighted by atomic mass is 16.5. The molecule has 0 bridgehead atoms. The fourth-order valence-electron chi connectivity index (χ4n) is 1.67. The van der Waals surface area contributed by atoms with Crippen LogP contribution in [0.25, 0.3) is 0 Å². The van der Waals surface area contributed by atoms with Gasteiger partial charge in [-0.15, -0.1) is 0 Å². The fourth-order valence-corrected chi connectivity index (χ4v) is 1.67. The van der Waals surface area contributed by atoms with Gasteiger partial charge in [0.1, 0.15) is 17.2 Å². The van der Waals surface area contributed by atoms with Crippen LogP contribution >= 0.6 is 0 Å². The Morgan fingerprint density at radius 3 is 1.68 bits per heavy atom. The smallest absolute Gasteiger partial charge is 0.169 e. The van der Waals surface area contributed by atoms with Crippen LogP contribution in [0.4, 0.5) is 0 Å². The summed E-state index contributed by atoms with van der Waals surface area (Å²) in [4.78, 5) is 0. The summed E-state index contributed by atoms with van der Waals surface area (Å²) in [7, 11) is 4.80. The van der Waals surface area contributed by atoms with E-state index < -0.39 is 0 Å². The first kappa shape index (κ1) is 13.1. The molecule has 19 heavy (non-hydrogen) atoms. The Labute approximate surface area is 112 Å². The van der Waals surface area contributed by atoms with Crippen LogP contribution < -0.4 is 18.9 Å². The summed E-state index contributed by atoms with van der Waals surface area (Å²) in [5.74, 6) is 3.28. The van der Waals surface area contributed by atoms with Crippen LogP contribution in [0.3, 0.4) is 0 Å². The van der Waals surface area contributed by atoms with Crippen molar-refractivity contribution in [1.82, 2.24) is 0 Å². The van der Waals surface area contributed by atoms with Gasteiger partial charge in [-0.2, -0.15) is 0 Å².